The Bertz CT molecular complexity index is 913. The molecule has 2 aromatic carbocycles. The number of rotatable bonds is 10. The highest BCUT2D eigenvalue weighted by molar-refractivity contribution is 9.10. The number of carbonyl (C=O) groups excluding carboxylic acids is 1. The maximum Gasteiger partial charge on any atom is 0.264 e. The molecule has 0 atom stereocenters. The van der Waals surface area contributed by atoms with Crippen LogP contribution in [0.1, 0.15) is 51.0 Å². The van der Waals surface area contributed by atoms with Gasteiger partial charge in [0.2, 0.25) is 0 Å². The quantitative estimate of drug-likeness (QED) is 0.288. The van der Waals surface area contributed by atoms with Crippen LogP contribution in [0.5, 0.6) is 5.75 Å². The zero-order valence-corrected chi connectivity index (χ0v) is 19.6. The largest absolute Gasteiger partial charge is 0.493 e. The van der Waals surface area contributed by atoms with Gasteiger partial charge >= 0.3 is 0 Å². The molecule has 1 aliphatic heterocycles. The van der Waals surface area contributed by atoms with E-state index in [9.17, 15) is 4.79 Å². The van der Waals surface area contributed by atoms with E-state index in [4.69, 9.17) is 4.74 Å². The molecule has 4 nitrogen and oxygen atoms in total. The van der Waals surface area contributed by atoms with Crippen molar-refractivity contribution in [1.29, 1.82) is 0 Å². The van der Waals surface area contributed by atoms with Crippen molar-refractivity contribution in [1.82, 2.24) is 5.32 Å². The van der Waals surface area contributed by atoms with Gasteiger partial charge in [-0.1, -0.05) is 73.2 Å². The van der Waals surface area contributed by atoms with Crippen LogP contribution in [-0.4, -0.2) is 17.7 Å². The van der Waals surface area contributed by atoms with Gasteiger partial charge in [-0.05, 0) is 54.6 Å². The summed E-state index contributed by atoms with van der Waals surface area (Å²) in [4.78, 5) is 17.5. The molecule has 1 amide bonds. The Labute approximate surface area is 191 Å². The van der Waals surface area contributed by atoms with E-state index in [1.807, 2.05) is 54.6 Å². The molecule has 1 fully saturated rings. The summed E-state index contributed by atoms with van der Waals surface area (Å²) in [5.74, 6) is 0.651. The number of ether oxygens (including phenoxy) is 1. The van der Waals surface area contributed by atoms with Crippen LogP contribution >= 0.6 is 27.7 Å². The summed E-state index contributed by atoms with van der Waals surface area (Å²) in [7, 11) is 0. The van der Waals surface area contributed by atoms with Crippen molar-refractivity contribution in [3.8, 4) is 5.75 Å². The topological polar surface area (TPSA) is 50.7 Å². The number of nitrogens with zero attached hydrogens (tertiary/aromatic N) is 1. The fraction of sp³-hybridized carbons (Fsp3) is 0.333. The number of amidine groups is 1. The SMILES string of the molecule is CCCCCCCCOc1ccc(Br)cc1/C=C1/SC(=Nc2ccccc2)NC1=O. The van der Waals surface area contributed by atoms with Crippen LogP contribution in [-0.2, 0) is 4.79 Å². The Morgan fingerprint density at radius 2 is 1.83 bits per heavy atom. The van der Waals surface area contributed by atoms with Crippen LogP contribution < -0.4 is 10.1 Å². The van der Waals surface area contributed by atoms with E-state index in [1.165, 1.54) is 43.9 Å². The standard InChI is InChI=1S/C24H27BrN2O2S/c1-2-3-4-5-6-10-15-29-21-14-13-19(25)16-18(21)17-22-23(28)27-24(30-22)26-20-11-8-7-9-12-20/h7-9,11-14,16-17H,2-6,10,15H2,1H3,(H,26,27,28)/b22-17+. The summed E-state index contributed by atoms with van der Waals surface area (Å²) in [5.41, 5.74) is 1.70. The molecular weight excluding hydrogens is 460 g/mol. The lowest BCUT2D eigenvalue weighted by Gasteiger charge is -2.10. The molecule has 1 heterocycles. The first-order valence-electron chi connectivity index (χ1n) is 10.4. The van der Waals surface area contributed by atoms with Gasteiger partial charge in [0.15, 0.2) is 5.17 Å². The van der Waals surface area contributed by atoms with Crippen LogP contribution in [0.25, 0.3) is 6.08 Å². The molecule has 0 aliphatic carbocycles. The molecule has 158 valence electrons. The average Bonchev–Trinajstić information content (AvgIpc) is 3.08. The van der Waals surface area contributed by atoms with Crippen molar-refractivity contribution in [2.45, 2.75) is 45.4 Å². The molecule has 0 aromatic heterocycles. The Kier molecular flexibility index (Phi) is 9.02. The number of thioether (sulfide) groups is 1. The first-order valence-corrected chi connectivity index (χ1v) is 12.0. The molecule has 1 aliphatic rings. The van der Waals surface area contributed by atoms with Crippen LogP contribution in [0.2, 0.25) is 0 Å². The second kappa shape index (κ2) is 12.0. The van der Waals surface area contributed by atoms with Crippen molar-refractivity contribution in [3.05, 3.63) is 63.5 Å². The van der Waals surface area contributed by atoms with Gasteiger partial charge in [-0.2, -0.15) is 0 Å². The average molecular weight is 487 g/mol. The highest BCUT2D eigenvalue weighted by Crippen LogP contribution is 2.32. The van der Waals surface area contributed by atoms with Gasteiger partial charge in [-0.25, -0.2) is 4.99 Å². The lowest BCUT2D eigenvalue weighted by atomic mass is 10.1. The van der Waals surface area contributed by atoms with Crippen molar-refractivity contribution < 1.29 is 9.53 Å². The third kappa shape index (κ3) is 7.03. The van der Waals surface area contributed by atoms with E-state index in [0.29, 0.717) is 16.7 Å². The number of para-hydroxylation sites is 1. The predicted octanol–water partition coefficient (Wildman–Crippen LogP) is 7.08. The number of unbranched alkanes of at least 4 members (excludes halogenated alkanes) is 5. The molecule has 6 heteroatoms. The van der Waals surface area contributed by atoms with E-state index in [0.717, 1.165) is 27.9 Å². The number of halogens is 1. The summed E-state index contributed by atoms with van der Waals surface area (Å²) < 4.78 is 6.98. The number of amides is 1. The molecule has 0 saturated carbocycles. The molecule has 0 bridgehead atoms. The molecule has 2 aromatic rings. The smallest absolute Gasteiger partial charge is 0.264 e. The highest BCUT2D eigenvalue weighted by Gasteiger charge is 2.24. The first kappa shape index (κ1) is 22.6. The van der Waals surface area contributed by atoms with Crippen LogP contribution in [0.15, 0.2) is 62.9 Å². The first-order chi connectivity index (χ1) is 14.7. The zero-order chi connectivity index (χ0) is 21.2. The van der Waals surface area contributed by atoms with Gasteiger partial charge in [-0.15, -0.1) is 0 Å². The zero-order valence-electron chi connectivity index (χ0n) is 17.2. The molecule has 3 rings (SSSR count). The van der Waals surface area contributed by atoms with E-state index in [1.54, 1.807) is 0 Å². The molecule has 1 N–H and O–H groups in total. The second-order valence-corrected chi connectivity index (χ2v) is 9.06. The number of aliphatic imine (C=N–C) groups is 1. The van der Waals surface area contributed by atoms with Crippen LogP contribution in [0.3, 0.4) is 0 Å². The van der Waals surface area contributed by atoms with Crippen molar-refractivity contribution in [3.63, 3.8) is 0 Å². The van der Waals surface area contributed by atoms with Gasteiger partial charge in [0.25, 0.3) is 5.91 Å². The molecule has 1 saturated heterocycles. The van der Waals surface area contributed by atoms with Gasteiger partial charge < -0.3 is 10.1 Å². The van der Waals surface area contributed by atoms with E-state index in [-0.39, 0.29) is 5.91 Å². The number of benzene rings is 2. The van der Waals surface area contributed by atoms with Crippen molar-refractivity contribution in [2.75, 3.05) is 6.61 Å². The molecule has 30 heavy (non-hydrogen) atoms. The highest BCUT2D eigenvalue weighted by atomic mass is 79.9. The monoisotopic (exact) mass is 486 g/mol. The van der Waals surface area contributed by atoms with Crippen LogP contribution in [0.4, 0.5) is 5.69 Å². The van der Waals surface area contributed by atoms with E-state index < -0.39 is 0 Å². The minimum atomic E-state index is -0.142. The predicted molar refractivity (Wildman–Crippen MR) is 130 cm³/mol. The normalized spacial score (nSPS) is 16.3. The fourth-order valence-electron chi connectivity index (χ4n) is 3.07. The third-order valence-electron chi connectivity index (χ3n) is 4.65. The number of hydrogen-bond acceptors (Lipinski definition) is 4. The number of hydrogen-bond donors (Lipinski definition) is 1. The second-order valence-electron chi connectivity index (χ2n) is 7.12. The van der Waals surface area contributed by atoms with Crippen LogP contribution in [0, 0.1) is 0 Å². The van der Waals surface area contributed by atoms with E-state index >= 15 is 0 Å². The maximum atomic E-state index is 12.4. The van der Waals surface area contributed by atoms with Gasteiger partial charge in [-0.3, -0.25) is 4.79 Å². The Hall–Kier alpha value is -2.05. The number of nitrogens with one attached hydrogen (secondary N) is 1. The Balaban J connectivity index is 1.65. The molecular formula is C24H27BrN2O2S. The number of carbonyl (C=O) groups is 1. The summed E-state index contributed by atoms with van der Waals surface area (Å²) >= 11 is 4.86. The maximum absolute atomic E-state index is 12.4. The van der Waals surface area contributed by atoms with E-state index in [2.05, 4.69) is 33.2 Å². The summed E-state index contributed by atoms with van der Waals surface area (Å²) in [6.45, 7) is 2.91. The van der Waals surface area contributed by atoms with Crippen molar-refractivity contribution >= 4 is 50.5 Å². The van der Waals surface area contributed by atoms with Gasteiger partial charge in [0, 0.05) is 10.0 Å². The molecule has 0 radical (unpaired) electrons. The fourth-order valence-corrected chi connectivity index (χ4v) is 4.28. The summed E-state index contributed by atoms with van der Waals surface area (Å²) in [6.07, 6.45) is 9.22. The lowest BCUT2D eigenvalue weighted by Crippen LogP contribution is -2.19. The minimum absolute atomic E-state index is 0.142. The summed E-state index contributed by atoms with van der Waals surface area (Å²) in [6, 6.07) is 15.5. The Morgan fingerprint density at radius 1 is 1.07 bits per heavy atom. The van der Waals surface area contributed by atoms with Gasteiger partial charge in [0.05, 0.1) is 17.2 Å². The molecule has 0 unspecified atom stereocenters. The molecule has 0 spiro atoms. The van der Waals surface area contributed by atoms with Crippen molar-refractivity contribution in [2.24, 2.45) is 4.99 Å². The Morgan fingerprint density at radius 3 is 2.63 bits per heavy atom. The lowest BCUT2D eigenvalue weighted by molar-refractivity contribution is -0.115. The van der Waals surface area contributed by atoms with Gasteiger partial charge in [0.1, 0.15) is 5.75 Å². The third-order valence-corrected chi connectivity index (χ3v) is 6.05. The summed E-state index contributed by atoms with van der Waals surface area (Å²) in [5, 5.41) is 3.42. The minimum Gasteiger partial charge on any atom is -0.493 e.